The van der Waals surface area contributed by atoms with Crippen LogP contribution in [0.25, 0.3) is 0 Å². The van der Waals surface area contributed by atoms with Crippen molar-refractivity contribution in [3.8, 4) is 5.75 Å². The van der Waals surface area contributed by atoms with Gasteiger partial charge in [0.2, 0.25) is 0 Å². The summed E-state index contributed by atoms with van der Waals surface area (Å²) >= 11 is 5.33. The molecule has 1 aromatic rings. The first-order valence-corrected chi connectivity index (χ1v) is 3.30. The van der Waals surface area contributed by atoms with E-state index >= 15 is 0 Å². The van der Waals surface area contributed by atoms with E-state index in [4.69, 9.17) is 21.8 Å². The Bertz CT molecular complexity index is 275. The predicted molar refractivity (Wildman–Crippen MR) is 39.0 cm³/mol. The van der Waals surface area contributed by atoms with Gasteiger partial charge in [0.1, 0.15) is 11.6 Å². The molecule has 0 bridgehead atoms. The van der Waals surface area contributed by atoms with Gasteiger partial charge in [-0.2, -0.15) is 0 Å². The van der Waals surface area contributed by atoms with E-state index in [1.165, 1.54) is 0 Å². The van der Waals surface area contributed by atoms with Crippen LogP contribution in [0.5, 0.6) is 5.75 Å². The molecule has 0 saturated carbocycles. The van der Waals surface area contributed by atoms with Gasteiger partial charge >= 0.3 is 0 Å². The molecule has 1 rings (SSSR count). The van der Waals surface area contributed by atoms with Gasteiger partial charge in [0.25, 0.3) is 0 Å². The van der Waals surface area contributed by atoms with Crippen LogP contribution in [0.3, 0.4) is 0 Å². The molecule has 0 atom stereocenters. The summed E-state index contributed by atoms with van der Waals surface area (Å²) in [4.78, 5) is 0. The van der Waals surface area contributed by atoms with Crippen LogP contribution in [0, 0.1) is 5.82 Å². The molecule has 0 fully saturated rings. The molecule has 0 aliphatic carbocycles. The van der Waals surface area contributed by atoms with Gasteiger partial charge in [0.05, 0.1) is 11.6 Å². The number of rotatable bonds is 1. The summed E-state index contributed by atoms with van der Waals surface area (Å²) in [5.41, 5.74) is 0.131. The van der Waals surface area contributed by atoms with Gasteiger partial charge in [-0.1, -0.05) is 11.6 Å². The van der Waals surface area contributed by atoms with Gasteiger partial charge in [0, 0.05) is 11.6 Å². The minimum Gasteiger partial charge on any atom is -0.508 e. The lowest BCUT2D eigenvalue weighted by Crippen LogP contribution is -1.86. The lowest BCUT2D eigenvalue weighted by Gasteiger charge is -2.01. The molecule has 0 spiro atoms. The molecule has 0 amide bonds. The fraction of sp³-hybridized carbons (Fsp3) is 0.143. The molecule has 11 heavy (non-hydrogen) atoms. The maximum Gasteiger partial charge on any atom is 0.142 e. The largest absolute Gasteiger partial charge is 0.508 e. The van der Waals surface area contributed by atoms with Crippen molar-refractivity contribution >= 4 is 11.6 Å². The molecule has 2 nitrogen and oxygen atoms in total. The van der Waals surface area contributed by atoms with Crippen molar-refractivity contribution in [3.05, 3.63) is 28.5 Å². The van der Waals surface area contributed by atoms with Gasteiger partial charge in [-0.3, -0.25) is 0 Å². The van der Waals surface area contributed by atoms with Gasteiger partial charge in [-0.05, 0) is 6.07 Å². The summed E-state index contributed by atoms with van der Waals surface area (Å²) in [7, 11) is 0. The van der Waals surface area contributed by atoms with Crippen molar-refractivity contribution in [2.75, 3.05) is 0 Å². The third-order valence-corrected chi connectivity index (χ3v) is 1.58. The standard InChI is InChI=1S/C7H6ClFO2/c8-5-2-7(11)4(3-10)1-6(5)9/h1-2,10-11H,3H2. The molecule has 60 valence electrons. The van der Waals surface area contributed by atoms with E-state index in [1.807, 2.05) is 0 Å². The van der Waals surface area contributed by atoms with Crippen LogP contribution < -0.4 is 0 Å². The minimum atomic E-state index is -0.645. The molecular formula is C7H6ClFO2. The van der Waals surface area contributed by atoms with E-state index in [9.17, 15) is 4.39 Å². The van der Waals surface area contributed by atoms with Crippen LogP contribution in [0.2, 0.25) is 5.02 Å². The van der Waals surface area contributed by atoms with E-state index in [2.05, 4.69) is 0 Å². The Hall–Kier alpha value is -0.800. The van der Waals surface area contributed by atoms with Crippen LogP contribution in [-0.2, 0) is 6.61 Å². The highest BCUT2D eigenvalue weighted by Crippen LogP contribution is 2.24. The molecule has 4 heteroatoms. The van der Waals surface area contributed by atoms with E-state index in [0.29, 0.717) is 0 Å². The Kier molecular flexibility index (Phi) is 2.31. The van der Waals surface area contributed by atoms with Crippen molar-refractivity contribution in [1.82, 2.24) is 0 Å². The van der Waals surface area contributed by atoms with Crippen molar-refractivity contribution in [1.29, 1.82) is 0 Å². The SMILES string of the molecule is OCc1cc(F)c(Cl)cc1O. The summed E-state index contributed by atoms with van der Waals surface area (Å²) in [6.45, 7) is -0.403. The highest BCUT2D eigenvalue weighted by atomic mass is 35.5. The third kappa shape index (κ3) is 1.61. The fourth-order valence-electron chi connectivity index (χ4n) is 0.704. The smallest absolute Gasteiger partial charge is 0.142 e. The Morgan fingerprint density at radius 1 is 1.45 bits per heavy atom. The first kappa shape index (κ1) is 8.30. The average Bonchev–Trinajstić information content (AvgIpc) is 1.97. The van der Waals surface area contributed by atoms with E-state index in [1.54, 1.807) is 0 Å². The second-order valence-electron chi connectivity index (χ2n) is 2.05. The lowest BCUT2D eigenvalue weighted by atomic mass is 10.2. The molecule has 0 aliphatic heterocycles. The quantitative estimate of drug-likeness (QED) is 0.684. The number of halogens is 2. The number of aromatic hydroxyl groups is 1. The zero-order valence-corrected chi connectivity index (χ0v) is 6.27. The summed E-state index contributed by atoms with van der Waals surface area (Å²) < 4.78 is 12.6. The number of hydrogen-bond acceptors (Lipinski definition) is 2. The minimum absolute atomic E-state index is 0.131. The van der Waals surface area contributed by atoms with E-state index < -0.39 is 12.4 Å². The summed E-state index contributed by atoms with van der Waals surface area (Å²) in [6.07, 6.45) is 0. The predicted octanol–water partition coefficient (Wildman–Crippen LogP) is 1.68. The highest BCUT2D eigenvalue weighted by Gasteiger charge is 2.05. The summed E-state index contributed by atoms with van der Waals surface area (Å²) in [5, 5.41) is 17.4. The van der Waals surface area contributed by atoms with Crippen LogP contribution in [0.4, 0.5) is 4.39 Å². The zero-order chi connectivity index (χ0) is 8.43. The monoisotopic (exact) mass is 176 g/mol. The van der Waals surface area contributed by atoms with Crippen LogP contribution in [-0.4, -0.2) is 10.2 Å². The second kappa shape index (κ2) is 3.07. The van der Waals surface area contributed by atoms with Crippen molar-refractivity contribution < 1.29 is 14.6 Å². The first-order chi connectivity index (χ1) is 5.15. The summed E-state index contributed by atoms with van der Waals surface area (Å²) in [5.74, 6) is -0.840. The van der Waals surface area contributed by atoms with Gasteiger partial charge in [-0.15, -0.1) is 0 Å². The number of aliphatic hydroxyl groups excluding tert-OH is 1. The maximum absolute atomic E-state index is 12.6. The number of hydrogen-bond donors (Lipinski definition) is 2. The molecule has 0 saturated heterocycles. The van der Waals surface area contributed by atoms with Gasteiger partial charge < -0.3 is 10.2 Å². The lowest BCUT2D eigenvalue weighted by molar-refractivity contribution is 0.275. The third-order valence-electron chi connectivity index (χ3n) is 1.29. The highest BCUT2D eigenvalue weighted by molar-refractivity contribution is 6.30. The molecule has 0 aliphatic rings. The molecular weight excluding hydrogens is 171 g/mol. The Morgan fingerprint density at radius 2 is 2.09 bits per heavy atom. The maximum atomic E-state index is 12.6. The second-order valence-corrected chi connectivity index (χ2v) is 2.46. The Morgan fingerprint density at radius 3 is 2.64 bits per heavy atom. The summed E-state index contributed by atoms with van der Waals surface area (Å²) in [6, 6.07) is 2.06. The van der Waals surface area contributed by atoms with Gasteiger partial charge in [0.15, 0.2) is 0 Å². The van der Waals surface area contributed by atoms with Crippen molar-refractivity contribution in [2.24, 2.45) is 0 Å². The molecule has 0 aromatic heterocycles. The van der Waals surface area contributed by atoms with E-state index in [0.717, 1.165) is 12.1 Å². The topological polar surface area (TPSA) is 40.5 Å². The van der Waals surface area contributed by atoms with E-state index in [-0.39, 0.29) is 16.3 Å². The molecule has 0 unspecified atom stereocenters. The number of aliphatic hydroxyl groups is 1. The molecule has 2 N–H and O–H groups in total. The van der Waals surface area contributed by atoms with Crippen molar-refractivity contribution in [2.45, 2.75) is 6.61 Å². The van der Waals surface area contributed by atoms with Crippen LogP contribution >= 0.6 is 11.6 Å². The van der Waals surface area contributed by atoms with Crippen molar-refractivity contribution in [3.63, 3.8) is 0 Å². The average molecular weight is 177 g/mol. The van der Waals surface area contributed by atoms with Crippen LogP contribution in [0.1, 0.15) is 5.56 Å². The fourth-order valence-corrected chi connectivity index (χ4v) is 0.862. The Balaban J connectivity index is 3.21. The van der Waals surface area contributed by atoms with Gasteiger partial charge in [-0.25, -0.2) is 4.39 Å². The molecule has 0 heterocycles. The first-order valence-electron chi connectivity index (χ1n) is 2.93. The zero-order valence-electron chi connectivity index (χ0n) is 5.51. The van der Waals surface area contributed by atoms with Crippen LogP contribution in [0.15, 0.2) is 12.1 Å². The molecule has 0 radical (unpaired) electrons. The molecule has 1 aromatic carbocycles. The number of benzene rings is 1. The normalized spacial score (nSPS) is 10.1. The Labute approximate surface area is 67.9 Å². The number of phenols is 1.